The van der Waals surface area contributed by atoms with E-state index < -0.39 is 0 Å². The first kappa shape index (κ1) is 29.0. The third-order valence-corrected chi connectivity index (χ3v) is 9.74. The number of aromatic nitrogens is 3. The number of nitrogens with zero attached hydrogens (tertiary/aromatic N) is 3. The summed E-state index contributed by atoms with van der Waals surface area (Å²) in [6.07, 6.45) is 0. The second-order valence-electron chi connectivity index (χ2n) is 12.8. The Kier molecular flexibility index (Phi) is 6.78. The van der Waals surface area contributed by atoms with Gasteiger partial charge in [-0.2, -0.15) is 0 Å². The average molecular weight is 652 g/mol. The topological polar surface area (TPSA) is 51.8 Å². The second kappa shape index (κ2) is 11.9. The molecule has 51 heavy (non-hydrogen) atoms. The highest BCUT2D eigenvalue weighted by molar-refractivity contribution is 6.19. The molecule has 0 amide bonds. The van der Waals surface area contributed by atoms with Crippen molar-refractivity contribution in [2.45, 2.75) is 0 Å². The monoisotopic (exact) mass is 651 g/mol. The van der Waals surface area contributed by atoms with E-state index in [1.165, 1.54) is 10.8 Å². The lowest BCUT2D eigenvalue weighted by atomic mass is 9.90. The summed E-state index contributed by atoms with van der Waals surface area (Å²) in [5.41, 5.74) is 9.03. The first-order valence-electron chi connectivity index (χ1n) is 17.1. The molecule has 2 aromatic heterocycles. The summed E-state index contributed by atoms with van der Waals surface area (Å²) in [5, 5.41) is 6.80. The van der Waals surface area contributed by atoms with Crippen molar-refractivity contribution in [3.8, 4) is 56.4 Å². The van der Waals surface area contributed by atoms with Gasteiger partial charge in [0.25, 0.3) is 0 Å². The summed E-state index contributed by atoms with van der Waals surface area (Å²) in [5.74, 6) is 1.92. The highest BCUT2D eigenvalue weighted by Crippen LogP contribution is 2.45. The van der Waals surface area contributed by atoms with Crippen molar-refractivity contribution < 1.29 is 4.42 Å². The largest absolute Gasteiger partial charge is 0.455 e. The number of hydrogen-bond donors (Lipinski definition) is 0. The number of benzene rings is 8. The van der Waals surface area contributed by atoms with Crippen LogP contribution in [0.2, 0.25) is 0 Å². The fraction of sp³-hybridized carbons (Fsp3) is 0. The molecule has 0 bridgehead atoms. The molecule has 0 spiro atoms. The number of hydrogen-bond acceptors (Lipinski definition) is 4. The minimum absolute atomic E-state index is 0.635. The zero-order valence-corrected chi connectivity index (χ0v) is 27.5. The van der Waals surface area contributed by atoms with Crippen molar-refractivity contribution in [3.63, 3.8) is 0 Å². The first-order chi connectivity index (χ1) is 25.3. The fourth-order valence-corrected chi connectivity index (χ4v) is 7.29. The Hall–Kier alpha value is -6.91. The van der Waals surface area contributed by atoms with E-state index in [9.17, 15) is 0 Å². The SMILES string of the molecule is c1ccc(-c2nc(-c3ccccc3)nc(-c3ccc(-c4ccc(-c5ccc6ccccc6c5)c5oc6ccccc6c45)c4ccccc34)n2)cc1. The molecule has 0 unspecified atom stereocenters. The molecule has 0 aliphatic rings. The van der Waals surface area contributed by atoms with E-state index in [1.54, 1.807) is 0 Å². The zero-order valence-electron chi connectivity index (χ0n) is 27.5. The standard InChI is InChI=1S/C47H29N3O/c1-3-14-31(15-4-1)45-48-46(32-16-5-2-6-17-32)50-47(49-45)40-28-26-38(36-19-9-10-20-37(36)40)39-27-25-35(34-24-23-30-13-7-8-18-33(30)29-34)44-43(39)41-21-11-12-22-42(41)51-44/h1-29H. The molecule has 238 valence electrons. The lowest BCUT2D eigenvalue weighted by molar-refractivity contribution is 0.670. The van der Waals surface area contributed by atoms with Crippen LogP contribution < -0.4 is 0 Å². The summed E-state index contributed by atoms with van der Waals surface area (Å²) in [4.78, 5) is 15.0. The lowest BCUT2D eigenvalue weighted by Crippen LogP contribution is -2.00. The molecule has 0 atom stereocenters. The highest BCUT2D eigenvalue weighted by Gasteiger charge is 2.21. The van der Waals surface area contributed by atoms with Crippen LogP contribution in [0, 0.1) is 0 Å². The maximum absolute atomic E-state index is 6.70. The summed E-state index contributed by atoms with van der Waals surface area (Å²) in [7, 11) is 0. The quantitative estimate of drug-likeness (QED) is 0.186. The molecule has 0 saturated carbocycles. The number of fused-ring (bicyclic) bond motifs is 5. The Morgan fingerprint density at radius 1 is 0.333 bits per heavy atom. The van der Waals surface area contributed by atoms with Crippen molar-refractivity contribution in [2.75, 3.05) is 0 Å². The number of rotatable bonds is 5. The van der Waals surface area contributed by atoms with Crippen LogP contribution in [0.25, 0.3) is 99.9 Å². The minimum Gasteiger partial charge on any atom is -0.455 e. The van der Waals surface area contributed by atoms with Gasteiger partial charge in [0.2, 0.25) is 0 Å². The van der Waals surface area contributed by atoms with Gasteiger partial charge in [-0.15, -0.1) is 0 Å². The van der Waals surface area contributed by atoms with Gasteiger partial charge in [0, 0.05) is 33.0 Å². The molecule has 0 N–H and O–H groups in total. The van der Waals surface area contributed by atoms with Crippen LogP contribution in [0.15, 0.2) is 180 Å². The molecule has 0 aliphatic heterocycles. The van der Waals surface area contributed by atoms with Crippen molar-refractivity contribution in [3.05, 3.63) is 176 Å². The predicted octanol–water partition coefficient (Wildman–Crippen LogP) is 12.4. The van der Waals surface area contributed by atoms with Crippen LogP contribution in [0.4, 0.5) is 0 Å². The van der Waals surface area contributed by atoms with Crippen LogP contribution in [0.1, 0.15) is 0 Å². The number of furan rings is 1. The van der Waals surface area contributed by atoms with Gasteiger partial charge in [0.05, 0.1) is 0 Å². The maximum atomic E-state index is 6.70. The van der Waals surface area contributed by atoms with Gasteiger partial charge in [-0.25, -0.2) is 15.0 Å². The summed E-state index contributed by atoms with van der Waals surface area (Å²) in [6, 6.07) is 61.0. The zero-order chi connectivity index (χ0) is 33.7. The van der Waals surface area contributed by atoms with E-state index in [4.69, 9.17) is 19.4 Å². The molecule has 0 fully saturated rings. The van der Waals surface area contributed by atoms with Crippen LogP contribution in [0.5, 0.6) is 0 Å². The smallest absolute Gasteiger partial charge is 0.164 e. The minimum atomic E-state index is 0.635. The Labute approximate surface area is 294 Å². The molecule has 10 aromatic rings. The van der Waals surface area contributed by atoms with Gasteiger partial charge >= 0.3 is 0 Å². The molecule has 0 radical (unpaired) electrons. The van der Waals surface area contributed by atoms with Gasteiger partial charge in [-0.3, -0.25) is 0 Å². The Morgan fingerprint density at radius 2 is 0.863 bits per heavy atom. The highest BCUT2D eigenvalue weighted by atomic mass is 16.3. The van der Waals surface area contributed by atoms with Crippen molar-refractivity contribution in [1.29, 1.82) is 0 Å². The van der Waals surface area contributed by atoms with Gasteiger partial charge in [-0.1, -0.05) is 152 Å². The van der Waals surface area contributed by atoms with E-state index in [-0.39, 0.29) is 0 Å². The Balaban J connectivity index is 1.19. The third kappa shape index (κ3) is 4.96. The lowest BCUT2D eigenvalue weighted by Gasteiger charge is -2.14. The maximum Gasteiger partial charge on any atom is 0.164 e. The van der Waals surface area contributed by atoms with Gasteiger partial charge in [0.1, 0.15) is 11.2 Å². The molecular formula is C47H29N3O. The van der Waals surface area contributed by atoms with Crippen LogP contribution in [0.3, 0.4) is 0 Å². The van der Waals surface area contributed by atoms with Crippen molar-refractivity contribution in [2.24, 2.45) is 0 Å². The van der Waals surface area contributed by atoms with Gasteiger partial charge < -0.3 is 4.42 Å². The van der Waals surface area contributed by atoms with Gasteiger partial charge in [-0.05, 0) is 62.5 Å². The second-order valence-corrected chi connectivity index (χ2v) is 12.8. The van der Waals surface area contributed by atoms with Crippen molar-refractivity contribution in [1.82, 2.24) is 15.0 Å². The van der Waals surface area contributed by atoms with E-state index >= 15 is 0 Å². The predicted molar refractivity (Wildman–Crippen MR) is 209 cm³/mol. The Morgan fingerprint density at radius 3 is 1.59 bits per heavy atom. The average Bonchev–Trinajstić information content (AvgIpc) is 3.60. The van der Waals surface area contributed by atoms with E-state index in [0.717, 1.165) is 71.7 Å². The molecule has 2 heterocycles. The normalized spacial score (nSPS) is 11.5. The van der Waals surface area contributed by atoms with Crippen LogP contribution >= 0.6 is 0 Å². The van der Waals surface area contributed by atoms with E-state index in [2.05, 4.69) is 109 Å². The van der Waals surface area contributed by atoms with Gasteiger partial charge in [0.15, 0.2) is 17.5 Å². The van der Waals surface area contributed by atoms with Crippen LogP contribution in [-0.4, -0.2) is 15.0 Å². The molecule has 4 nitrogen and oxygen atoms in total. The Bertz CT molecular complexity index is 2860. The van der Waals surface area contributed by atoms with Crippen molar-refractivity contribution >= 4 is 43.5 Å². The fourth-order valence-electron chi connectivity index (χ4n) is 7.29. The summed E-state index contributed by atoms with van der Waals surface area (Å²) >= 11 is 0. The first-order valence-corrected chi connectivity index (χ1v) is 17.1. The van der Waals surface area contributed by atoms with Crippen LogP contribution in [-0.2, 0) is 0 Å². The molecular weight excluding hydrogens is 623 g/mol. The molecule has 10 rings (SSSR count). The molecule has 4 heteroatoms. The molecule has 8 aromatic carbocycles. The molecule has 0 aliphatic carbocycles. The summed E-state index contributed by atoms with van der Waals surface area (Å²) in [6.45, 7) is 0. The third-order valence-electron chi connectivity index (χ3n) is 9.74. The van der Waals surface area contributed by atoms with E-state index in [1.807, 2.05) is 66.7 Å². The summed E-state index contributed by atoms with van der Waals surface area (Å²) < 4.78 is 6.70. The molecule has 0 saturated heterocycles. The van der Waals surface area contributed by atoms with E-state index in [0.29, 0.717) is 17.5 Å². The number of para-hydroxylation sites is 1.